The number of hydrogen-bond donors (Lipinski definition) is 2. The summed E-state index contributed by atoms with van der Waals surface area (Å²) in [5, 5.41) is 6.52. The van der Waals surface area contributed by atoms with Gasteiger partial charge in [-0.3, -0.25) is 0 Å². The normalized spacial score (nSPS) is 10.3. The van der Waals surface area contributed by atoms with Crippen molar-refractivity contribution in [3.05, 3.63) is 65.9 Å². The van der Waals surface area contributed by atoms with Gasteiger partial charge in [-0.25, -0.2) is 4.98 Å². The standard InChI is InChI=1S/C21H24N4O2/c1-15-5-4-6-17(13-15)24-20-14-16(2)23-21(25-20)22-11-12-27-19-9-7-18(26-3)8-10-19/h4-10,13-14H,11-12H2,1-3H3,(H2,22,23,24,25). The molecular weight excluding hydrogens is 340 g/mol. The van der Waals surface area contributed by atoms with Gasteiger partial charge < -0.3 is 20.1 Å². The van der Waals surface area contributed by atoms with Crippen molar-refractivity contribution in [2.75, 3.05) is 30.9 Å². The van der Waals surface area contributed by atoms with Crippen LogP contribution in [0.3, 0.4) is 0 Å². The molecule has 0 aliphatic rings. The highest BCUT2D eigenvalue weighted by Crippen LogP contribution is 2.18. The highest BCUT2D eigenvalue weighted by Gasteiger charge is 2.03. The third-order valence-corrected chi connectivity index (χ3v) is 3.86. The first kappa shape index (κ1) is 18.5. The Morgan fingerprint density at radius 3 is 2.44 bits per heavy atom. The smallest absolute Gasteiger partial charge is 0.224 e. The van der Waals surface area contributed by atoms with Crippen LogP contribution in [0.4, 0.5) is 17.5 Å². The predicted molar refractivity (Wildman–Crippen MR) is 108 cm³/mol. The topological polar surface area (TPSA) is 68.3 Å². The van der Waals surface area contributed by atoms with Crippen LogP contribution in [0.25, 0.3) is 0 Å². The van der Waals surface area contributed by atoms with Crippen LogP contribution >= 0.6 is 0 Å². The number of methoxy groups -OCH3 is 1. The monoisotopic (exact) mass is 364 g/mol. The number of nitrogens with zero attached hydrogens (tertiary/aromatic N) is 2. The summed E-state index contributed by atoms with van der Waals surface area (Å²) in [7, 11) is 1.64. The number of ether oxygens (including phenoxy) is 2. The van der Waals surface area contributed by atoms with Crippen LogP contribution in [0, 0.1) is 13.8 Å². The number of aryl methyl sites for hydroxylation is 2. The van der Waals surface area contributed by atoms with Crippen molar-refractivity contribution in [2.24, 2.45) is 0 Å². The summed E-state index contributed by atoms with van der Waals surface area (Å²) in [5.41, 5.74) is 3.08. The number of rotatable bonds is 8. The quantitative estimate of drug-likeness (QED) is 0.580. The number of anilines is 3. The van der Waals surface area contributed by atoms with Crippen LogP contribution in [0.1, 0.15) is 11.3 Å². The van der Waals surface area contributed by atoms with E-state index in [9.17, 15) is 0 Å². The molecule has 0 saturated carbocycles. The highest BCUT2D eigenvalue weighted by atomic mass is 16.5. The van der Waals surface area contributed by atoms with Crippen LogP contribution in [0.2, 0.25) is 0 Å². The molecule has 2 N–H and O–H groups in total. The van der Waals surface area contributed by atoms with E-state index in [4.69, 9.17) is 9.47 Å². The van der Waals surface area contributed by atoms with Gasteiger partial charge in [0.25, 0.3) is 0 Å². The Hall–Kier alpha value is -3.28. The lowest BCUT2D eigenvalue weighted by molar-refractivity contribution is 0.331. The zero-order valence-corrected chi connectivity index (χ0v) is 15.8. The first-order chi connectivity index (χ1) is 13.1. The van der Waals surface area contributed by atoms with Crippen LogP contribution in [0.15, 0.2) is 54.6 Å². The number of aromatic nitrogens is 2. The van der Waals surface area contributed by atoms with Gasteiger partial charge in [-0.05, 0) is 55.8 Å². The summed E-state index contributed by atoms with van der Waals surface area (Å²) >= 11 is 0. The molecule has 1 aromatic heterocycles. The molecule has 3 aromatic rings. The Morgan fingerprint density at radius 1 is 0.926 bits per heavy atom. The Bertz CT molecular complexity index is 882. The first-order valence-corrected chi connectivity index (χ1v) is 8.82. The molecule has 0 aliphatic heterocycles. The molecule has 0 bridgehead atoms. The van der Waals surface area contributed by atoms with Gasteiger partial charge in [-0.15, -0.1) is 0 Å². The van der Waals surface area contributed by atoms with Crippen LogP contribution < -0.4 is 20.1 Å². The van der Waals surface area contributed by atoms with Gasteiger partial charge in [-0.2, -0.15) is 4.98 Å². The fourth-order valence-corrected chi connectivity index (χ4v) is 2.59. The minimum absolute atomic E-state index is 0.504. The van der Waals surface area contributed by atoms with E-state index in [1.165, 1.54) is 5.56 Å². The van der Waals surface area contributed by atoms with Gasteiger partial charge in [0.2, 0.25) is 5.95 Å². The van der Waals surface area contributed by atoms with E-state index in [0.717, 1.165) is 28.7 Å². The second-order valence-electron chi connectivity index (χ2n) is 6.16. The maximum absolute atomic E-state index is 5.71. The van der Waals surface area contributed by atoms with E-state index >= 15 is 0 Å². The molecule has 6 nitrogen and oxygen atoms in total. The molecule has 0 amide bonds. The van der Waals surface area contributed by atoms with E-state index in [2.05, 4.69) is 39.7 Å². The molecule has 3 rings (SSSR count). The van der Waals surface area contributed by atoms with Crippen LogP contribution in [-0.4, -0.2) is 30.2 Å². The molecule has 0 unspecified atom stereocenters. The molecule has 1 heterocycles. The lowest BCUT2D eigenvalue weighted by Gasteiger charge is -2.11. The van der Waals surface area contributed by atoms with Gasteiger partial charge in [0, 0.05) is 17.4 Å². The van der Waals surface area contributed by atoms with Crippen molar-refractivity contribution in [3.63, 3.8) is 0 Å². The predicted octanol–water partition coefficient (Wildman–Crippen LogP) is 4.34. The largest absolute Gasteiger partial charge is 0.497 e. The highest BCUT2D eigenvalue weighted by molar-refractivity contribution is 5.58. The summed E-state index contributed by atoms with van der Waals surface area (Å²) in [6.07, 6.45) is 0. The molecule has 0 spiro atoms. The van der Waals surface area contributed by atoms with Crippen molar-refractivity contribution in [2.45, 2.75) is 13.8 Å². The summed E-state index contributed by atoms with van der Waals surface area (Å²) in [4.78, 5) is 8.95. The average Bonchev–Trinajstić information content (AvgIpc) is 2.65. The van der Waals surface area contributed by atoms with Gasteiger partial charge >= 0.3 is 0 Å². The fourth-order valence-electron chi connectivity index (χ4n) is 2.59. The van der Waals surface area contributed by atoms with Gasteiger partial charge in [-0.1, -0.05) is 12.1 Å². The number of benzene rings is 2. The summed E-state index contributed by atoms with van der Waals surface area (Å²) in [6, 6.07) is 17.6. The third kappa shape index (κ3) is 5.60. The van der Waals surface area contributed by atoms with Crippen molar-refractivity contribution in [1.29, 1.82) is 0 Å². The Labute approximate surface area is 159 Å². The third-order valence-electron chi connectivity index (χ3n) is 3.86. The molecule has 0 fully saturated rings. The van der Waals surface area contributed by atoms with E-state index < -0.39 is 0 Å². The minimum atomic E-state index is 0.504. The first-order valence-electron chi connectivity index (χ1n) is 8.82. The second-order valence-corrected chi connectivity index (χ2v) is 6.16. The van der Waals surface area contributed by atoms with Gasteiger partial charge in [0.1, 0.15) is 23.9 Å². The molecular formula is C21H24N4O2. The fraction of sp³-hybridized carbons (Fsp3) is 0.238. The summed E-state index contributed by atoms with van der Waals surface area (Å²) in [5.74, 6) is 2.93. The van der Waals surface area contributed by atoms with Crippen molar-refractivity contribution in [1.82, 2.24) is 9.97 Å². The van der Waals surface area contributed by atoms with Crippen molar-refractivity contribution < 1.29 is 9.47 Å². The van der Waals surface area contributed by atoms with E-state index in [1.54, 1.807) is 7.11 Å². The maximum Gasteiger partial charge on any atom is 0.224 e. The van der Waals surface area contributed by atoms with Crippen molar-refractivity contribution in [3.8, 4) is 11.5 Å². The summed E-state index contributed by atoms with van der Waals surface area (Å²) in [6.45, 7) is 5.11. The Balaban J connectivity index is 1.54. The summed E-state index contributed by atoms with van der Waals surface area (Å²) < 4.78 is 10.8. The lowest BCUT2D eigenvalue weighted by atomic mass is 10.2. The molecule has 0 saturated heterocycles. The lowest BCUT2D eigenvalue weighted by Crippen LogP contribution is -2.14. The second kappa shape index (κ2) is 8.89. The molecule has 140 valence electrons. The Kier molecular flexibility index (Phi) is 6.10. The SMILES string of the molecule is COc1ccc(OCCNc2nc(C)cc(Nc3cccc(C)c3)n2)cc1. The van der Waals surface area contributed by atoms with Crippen molar-refractivity contribution >= 4 is 17.5 Å². The van der Waals surface area contributed by atoms with Crippen LogP contribution in [-0.2, 0) is 0 Å². The average molecular weight is 364 g/mol. The van der Waals surface area contributed by atoms with Gasteiger partial charge in [0.05, 0.1) is 13.7 Å². The van der Waals surface area contributed by atoms with Crippen LogP contribution in [0.5, 0.6) is 11.5 Å². The van der Waals surface area contributed by atoms with E-state index in [1.807, 2.05) is 49.4 Å². The number of nitrogens with one attached hydrogen (secondary N) is 2. The molecule has 0 aliphatic carbocycles. The number of hydrogen-bond acceptors (Lipinski definition) is 6. The zero-order valence-electron chi connectivity index (χ0n) is 15.8. The minimum Gasteiger partial charge on any atom is -0.497 e. The van der Waals surface area contributed by atoms with Gasteiger partial charge in [0.15, 0.2) is 0 Å². The Morgan fingerprint density at radius 2 is 1.70 bits per heavy atom. The van der Waals surface area contributed by atoms with E-state index in [-0.39, 0.29) is 0 Å². The van der Waals surface area contributed by atoms with E-state index in [0.29, 0.717) is 19.1 Å². The maximum atomic E-state index is 5.71. The molecule has 2 aromatic carbocycles. The molecule has 6 heteroatoms. The molecule has 0 radical (unpaired) electrons. The molecule has 27 heavy (non-hydrogen) atoms. The zero-order chi connectivity index (χ0) is 19.1. The molecule has 0 atom stereocenters.